The monoisotopic (exact) mass is 420 g/mol. The van der Waals surface area contributed by atoms with Crippen LogP contribution < -0.4 is 15.5 Å². The molecule has 2 amide bonds. The van der Waals surface area contributed by atoms with Crippen molar-refractivity contribution in [1.82, 2.24) is 15.7 Å². The fourth-order valence-electron chi connectivity index (χ4n) is 3.19. The van der Waals surface area contributed by atoms with Gasteiger partial charge in [0, 0.05) is 22.1 Å². The Morgan fingerprint density at radius 3 is 2.42 bits per heavy atom. The van der Waals surface area contributed by atoms with Crippen molar-refractivity contribution in [1.29, 1.82) is 0 Å². The van der Waals surface area contributed by atoms with Gasteiger partial charge in [-0.15, -0.1) is 0 Å². The van der Waals surface area contributed by atoms with Crippen molar-refractivity contribution in [2.75, 3.05) is 12.4 Å². The summed E-state index contributed by atoms with van der Waals surface area (Å²) in [5, 5.41) is 19.0. The van der Waals surface area contributed by atoms with E-state index in [1.165, 1.54) is 36.9 Å². The van der Waals surface area contributed by atoms with Crippen molar-refractivity contribution in [2.24, 2.45) is 0 Å². The SMILES string of the molecule is COc1cccc(-c2ccc3c(NC(=O)c4ccc(C(=O)NO)cc4)n[nH]c3c2)c1F. The first kappa shape index (κ1) is 20.0. The van der Waals surface area contributed by atoms with Crippen molar-refractivity contribution >= 4 is 28.5 Å². The second-order valence-electron chi connectivity index (χ2n) is 6.63. The molecule has 9 heteroatoms. The van der Waals surface area contributed by atoms with Gasteiger partial charge in [-0.3, -0.25) is 19.9 Å². The number of nitrogens with one attached hydrogen (secondary N) is 3. The van der Waals surface area contributed by atoms with Crippen LogP contribution >= 0.6 is 0 Å². The van der Waals surface area contributed by atoms with Crippen LogP contribution in [0.15, 0.2) is 60.7 Å². The summed E-state index contributed by atoms with van der Waals surface area (Å²) < 4.78 is 19.6. The lowest BCUT2D eigenvalue weighted by Crippen LogP contribution is -2.19. The predicted molar refractivity (Wildman–Crippen MR) is 112 cm³/mol. The number of rotatable bonds is 5. The summed E-state index contributed by atoms with van der Waals surface area (Å²) in [5.41, 5.74) is 3.67. The Morgan fingerprint density at radius 1 is 1.03 bits per heavy atom. The number of aromatic nitrogens is 2. The molecule has 0 fully saturated rings. The summed E-state index contributed by atoms with van der Waals surface area (Å²) in [4.78, 5) is 23.9. The largest absolute Gasteiger partial charge is 0.494 e. The molecule has 0 aliphatic rings. The molecule has 0 radical (unpaired) electrons. The molecule has 3 aromatic carbocycles. The minimum absolute atomic E-state index is 0.151. The Hall–Kier alpha value is -4.24. The molecule has 1 aromatic heterocycles. The van der Waals surface area contributed by atoms with Crippen molar-refractivity contribution in [2.45, 2.75) is 0 Å². The molecule has 0 atom stereocenters. The normalized spacial score (nSPS) is 10.7. The Kier molecular flexibility index (Phi) is 5.33. The molecule has 31 heavy (non-hydrogen) atoms. The minimum atomic E-state index is -0.673. The van der Waals surface area contributed by atoms with Crippen LogP contribution in [0.4, 0.5) is 10.2 Å². The van der Waals surface area contributed by atoms with Gasteiger partial charge in [-0.05, 0) is 48.0 Å². The fourth-order valence-corrected chi connectivity index (χ4v) is 3.19. The Bertz CT molecular complexity index is 1280. The Balaban J connectivity index is 1.59. The highest BCUT2D eigenvalue weighted by Gasteiger charge is 2.15. The lowest BCUT2D eigenvalue weighted by molar-refractivity contribution is 0.0706. The van der Waals surface area contributed by atoms with Gasteiger partial charge in [0.1, 0.15) is 0 Å². The van der Waals surface area contributed by atoms with Crippen LogP contribution in [-0.2, 0) is 0 Å². The summed E-state index contributed by atoms with van der Waals surface area (Å²) in [6.07, 6.45) is 0. The molecular formula is C22H17FN4O4. The minimum Gasteiger partial charge on any atom is -0.494 e. The summed E-state index contributed by atoms with van der Waals surface area (Å²) in [6, 6.07) is 15.8. The average molecular weight is 420 g/mol. The molecule has 0 saturated heterocycles. The molecule has 156 valence electrons. The van der Waals surface area contributed by atoms with Crippen molar-refractivity contribution in [3.8, 4) is 16.9 Å². The lowest BCUT2D eigenvalue weighted by atomic mass is 10.0. The summed E-state index contributed by atoms with van der Waals surface area (Å²) in [6.45, 7) is 0. The molecule has 4 aromatic rings. The highest BCUT2D eigenvalue weighted by atomic mass is 19.1. The zero-order chi connectivity index (χ0) is 22.0. The Morgan fingerprint density at radius 2 is 1.74 bits per heavy atom. The maximum atomic E-state index is 14.6. The van der Waals surface area contributed by atoms with Gasteiger partial charge in [0.15, 0.2) is 17.4 Å². The topological polar surface area (TPSA) is 116 Å². The summed E-state index contributed by atoms with van der Waals surface area (Å²) in [7, 11) is 1.41. The standard InChI is InChI=1S/C22H17FN4O4/c1-31-18-4-2-3-15(19(18)23)14-9-10-16-17(11-14)25-26-20(16)24-21(28)12-5-7-13(8-6-12)22(29)27-30/h2-11,30H,1H3,(H,27,29)(H2,24,25,26,28). The van der Waals surface area contributed by atoms with E-state index in [0.717, 1.165) is 0 Å². The van der Waals surface area contributed by atoms with E-state index >= 15 is 0 Å². The first-order valence-electron chi connectivity index (χ1n) is 9.18. The first-order valence-corrected chi connectivity index (χ1v) is 9.18. The van der Waals surface area contributed by atoms with Crippen LogP contribution in [0.2, 0.25) is 0 Å². The molecular weight excluding hydrogens is 403 g/mol. The van der Waals surface area contributed by atoms with Gasteiger partial charge < -0.3 is 10.1 Å². The van der Waals surface area contributed by atoms with E-state index in [0.29, 0.717) is 33.4 Å². The van der Waals surface area contributed by atoms with Crippen LogP contribution in [0.3, 0.4) is 0 Å². The number of hydroxylamine groups is 1. The van der Waals surface area contributed by atoms with Crippen LogP contribution in [0, 0.1) is 5.82 Å². The third-order valence-electron chi connectivity index (χ3n) is 4.80. The predicted octanol–water partition coefficient (Wildman–Crippen LogP) is 3.75. The average Bonchev–Trinajstić information content (AvgIpc) is 3.20. The molecule has 8 nitrogen and oxygen atoms in total. The highest BCUT2D eigenvalue weighted by molar-refractivity contribution is 6.08. The van der Waals surface area contributed by atoms with Crippen molar-refractivity contribution in [3.63, 3.8) is 0 Å². The smallest absolute Gasteiger partial charge is 0.274 e. The number of ether oxygens (including phenoxy) is 1. The molecule has 1 heterocycles. The first-order chi connectivity index (χ1) is 15.0. The maximum Gasteiger partial charge on any atom is 0.274 e. The number of carbonyl (C=O) groups is 2. The van der Waals surface area contributed by atoms with E-state index in [9.17, 15) is 14.0 Å². The van der Waals surface area contributed by atoms with E-state index in [4.69, 9.17) is 9.94 Å². The molecule has 0 bridgehead atoms. The molecule has 0 saturated carbocycles. The molecule has 0 unspecified atom stereocenters. The van der Waals surface area contributed by atoms with Crippen LogP contribution in [0.25, 0.3) is 22.0 Å². The van der Waals surface area contributed by atoms with Gasteiger partial charge in [0.05, 0.1) is 12.6 Å². The van der Waals surface area contributed by atoms with Crippen molar-refractivity contribution < 1.29 is 23.9 Å². The number of nitrogens with zero attached hydrogens (tertiary/aromatic N) is 1. The van der Waals surface area contributed by atoms with Crippen LogP contribution in [0.1, 0.15) is 20.7 Å². The molecule has 4 rings (SSSR count). The molecule has 0 aliphatic heterocycles. The third-order valence-corrected chi connectivity index (χ3v) is 4.80. The number of hydrogen-bond acceptors (Lipinski definition) is 5. The zero-order valence-corrected chi connectivity index (χ0v) is 16.3. The number of anilines is 1. The highest BCUT2D eigenvalue weighted by Crippen LogP contribution is 2.32. The number of benzene rings is 3. The number of methoxy groups -OCH3 is 1. The van der Waals surface area contributed by atoms with E-state index in [1.807, 2.05) is 0 Å². The van der Waals surface area contributed by atoms with Crippen LogP contribution in [-0.4, -0.2) is 34.3 Å². The number of halogens is 1. The number of H-pyrrole nitrogens is 1. The zero-order valence-electron chi connectivity index (χ0n) is 16.3. The van der Waals surface area contributed by atoms with Gasteiger partial charge in [0.2, 0.25) is 0 Å². The maximum absolute atomic E-state index is 14.6. The molecule has 4 N–H and O–H groups in total. The van der Waals surface area contributed by atoms with E-state index in [1.54, 1.807) is 36.4 Å². The van der Waals surface area contributed by atoms with Crippen LogP contribution in [0.5, 0.6) is 5.75 Å². The second-order valence-corrected chi connectivity index (χ2v) is 6.63. The second kappa shape index (κ2) is 8.25. The van der Waals surface area contributed by atoms with Gasteiger partial charge in [-0.2, -0.15) is 5.10 Å². The van der Waals surface area contributed by atoms with E-state index in [-0.39, 0.29) is 11.3 Å². The van der Waals surface area contributed by atoms with E-state index < -0.39 is 17.6 Å². The third kappa shape index (κ3) is 3.81. The number of amides is 2. The van der Waals surface area contributed by atoms with Gasteiger partial charge in [-0.1, -0.05) is 18.2 Å². The number of carbonyl (C=O) groups excluding carboxylic acids is 2. The van der Waals surface area contributed by atoms with Crippen molar-refractivity contribution in [3.05, 3.63) is 77.6 Å². The van der Waals surface area contributed by atoms with Gasteiger partial charge >= 0.3 is 0 Å². The molecule has 0 spiro atoms. The fraction of sp³-hybridized carbons (Fsp3) is 0.0455. The van der Waals surface area contributed by atoms with Gasteiger partial charge in [0.25, 0.3) is 11.8 Å². The van der Waals surface area contributed by atoms with E-state index in [2.05, 4.69) is 15.5 Å². The molecule has 0 aliphatic carbocycles. The quantitative estimate of drug-likeness (QED) is 0.290. The Labute approximate surface area is 175 Å². The van der Waals surface area contributed by atoms with Gasteiger partial charge in [-0.25, -0.2) is 9.87 Å². The number of hydrogen-bond donors (Lipinski definition) is 4. The summed E-state index contributed by atoms with van der Waals surface area (Å²) >= 11 is 0. The summed E-state index contributed by atoms with van der Waals surface area (Å²) in [5.74, 6) is -1.09. The lowest BCUT2D eigenvalue weighted by Gasteiger charge is -2.08. The number of fused-ring (bicyclic) bond motifs is 1. The number of aromatic amines is 1.